The first kappa shape index (κ1) is 15.6. The normalized spacial score (nSPS) is 18.1. The average molecular weight is 387 g/mol. The Balaban J connectivity index is 2.24. The average Bonchev–Trinajstić information content (AvgIpc) is 2.22. The molecule has 0 atom stereocenters. The van der Waals surface area contributed by atoms with Crippen LogP contribution in [0.15, 0.2) is 21.5 Å². The first-order chi connectivity index (χ1) is 8.73. The Morgan fingerprint density at radius 3 is 2.26 bits per heavy atom. The van der Waals surface area contributed by atoms with Crippen LogP contribution in [-0.4, -0.2) is 15.0 Å². The van der Waals surface area contributed by atoms with Gasteiger partial charge in [-0.05, 0) is 30.4 Å². The zero-order chi connectivity index (χ0) is 14.3. The van der Waals surface area contributed by atoms with E-state index in [9.17, 15) is 8.42 Å². The third-order valence-corrected chi connectivity index (χ3v) is 6.26. The van der Waals surface area contributed by atoms with Gasteiger partial charge in [0, 0.05) is 11.0 Å². The van der Waals surface area contributed by atoms with Crippen molar-refractivity contribution in [2.24, 2.45) is 5.41 Å². The summed E-state index contributed by atoms with van der Waals surface area (Å²) in [5.74, 6) is 0. The van der Waals surface area contributed by atoms with Crippen molar-refractivity contribution < 1.29 is 8.42 Å². The molecule has 1 N–H and O–H groups in total. The number of nitrogens with one attached hydrogen (secondary N) is 1. The molecule has 106 valence electrons. The molecular weight excluding hydrogens is 373 g/mol. The van der Waals surface area contributed by atoms with Crippen LogP contribution in [0, 0.1) is 5.41 Å². The summed E-state index contributed by atoms with van der Waals surface area (Å²) in [5.41, 5.74) is 0.0569. The van der Waals surface area contributed by atoms with Gasteiger partial charge in [-0.1, -0.05) is 52.5 Å². The molecule has 3 nitrogen and oxygen atoms in total. The Labute approximate surface area is 131 Å². The van der Waals surface area contributed by atoms with Crippen LogP contribution in [0.3, 0.4) is 0 Å². The summed E-state index contributed by atoms with van der Waals surface area (Å²) in [7, 11) is -3.68. The minimum atomic E-state index is -3.68. The largest absolute Gasteiger partial charge is 0.243 e. The molecule has 2 rings (SSSR count). The third kappa shape index (κ3) is 3.45. The van der Waals surface area contributed by atoms with E-state index in [1.807, 2.05) is 0 Å². The molecule has 0 radical (unpaired) electrons. The van der Waals surface area contributed by atoms with Crippen molar-refractivity contribution in [3.05, 3.63) is 26.7 Å². The van der Waals surface area contributed by atoms with Crippen molar-refractivity contribution in [3.63, 3.8) is 0 Å². The maximum absolute atomic E-state index is 12.3. The van der Waals surface area contributed by atoms with E-state index in [1.165, 1.54) is 12.1 Å². The first-order valence-electron chi connectivity index (χ1n) is 5.88. The summed E-state index contributed by atoms with van der Waals surface area (Å²) in [5, 5.41) is 0.233. The molecule has 0 bridgehead atoms. The molecule has 1 aromatic rings. The monoisotopic (exact) mass is 385 g/mol. The van der Waals surface area contributed by atoms with Crippen LogP contribution >= 0.6 is 39.1 Å². The highest BCUT2D eigenvalue weighted by molar-refractivity contribution is 9.10. The van der Waals surface area contributed by atoms with Gasteiger partial charge in [-0.15, -0.1) is 0 Å². The van der Waals surface area contributed by atoms with E-state index in [2.05, 4.69) is 27.6 Å². The summed E-state index contributed by atoms with van der Waals surface area (Å²) in [6.45, 7) is 2.49. The van der Waals surface area contributed by atoms with E-state index < -0.39 is 10.0 Å². The van der Waals surface area contributed by atoms with Crippen molar-refractivity contribution in [3.8, 4) is 0 Å². The Morgan fingerprint density at radius 2 is 1.84 bits per heavy atom. The van der Waals surface area contributed by atoms with Crippen LogP contribution in [0.5, 0.6) is 0 Å². The molecule has 0 amide bonds. The van der Waals surface area contributed by atoms with Crippen LogP contribution < -0.4 is 4.72 Å². The molecule has 0 aromatic heterocycles. The molecule has 1 aromatic carbocycles. The van der Waals surface area contributed by atoms with Gasteiger partial charge in [-0.3, -0.25) is 0 Å². The number of sulfonamides is 1. The number of benzene rings is 1. The standard InChI is InChI=1S/C12H14BrCl2NO2S/c1-12(3-2-4-12)7-16-19(17,18)11-9(14)5-8(13)6-10(11)15/h5-6,16H,2-4,7H2,1H3. The number of hydrogen-bond donors (Lipinski definition) is 1. The number of halogens is 3. The van der Waals surface area contributed by atoms with Crippen LogP contribution in [0.25, 0.3) is 0 Å². The zero-order valence-corrected chi connectivity index (χ0v) is 14.3. The van der Waals surface area contributed by atoms with Crippen molar-refractivity contribution >= 4 is 49.2 Å². The van der Waals surface area contributed by atoms with Crippen molar-refractivity contribution in [2.45, 2.75) is 31.1 Å². The summed E-state index contributed by atoms with van der Waals surface area (Å²) >= 11 is 15.2. The van der Waals surface area contributed by atoms with Gasteiger partial charge in [0.25, 0.3) is 0 Å². The van der Waals surface area contributed by atoms with Crippen LogP contribution in [0.2, 0.25) is 10.0 Å². The van der Waals surface area contributed by atoms with Crippen LogP contribution in [-0.2, 0) is 10.0 Å². The molecular formula is C12H14BrCl2NO2S. The molecule has 1 aliphatic rings. The molecule has 0 saturated heterocycles. The van der Waals surface area contributed by atoms with E-state index in [4.69, 9.17) is 23.2 Å². The summed E-state index contributed by atoms with van der Waals surface area (Å²) in [6.07, 6.45) is 3.23. The SMILES string of the molecule is CC1(CNS(=O)(=O)c2c(Cl)cc(Br)cc2Cl)CCC1. The maximum Gasteiger partial charge on any atom is 0.243 e. The molecule has 0 unspecified atom stereocenters. The number of rotatable bonds is 4. The molecule has 0 aliphatic heterocycles. The van der Waals surface area contributed by atoms with Gasteiger partial charge in [0.2, 0.25) is 10.0 Å². The fourth-order valence-electron chi connectivity index (χ4n) is 2.08. The topological polar surface area (TPSA) is 46.2 Å². The van der Waals surface area contributed by atoms with Gasteiger partial charge >= 0.3 is 0 Å². The summed E-state index contributed by atoms with van der Waals surface area (Å²) < 4.78 is 27.8. The Morgan fingerprint density at radius 1 is 1.32 bits per heavy atom. The third-order valence-electron chi connectivity index (χ3n) is 3.48. The molecule has 19 heavy (non-hydrogen) atoms. The molecule has 1 fully saturated rings. The van der Waals surface area contributed by atoms with E-state index in [0.717, 1.165) is 19.3 Å². The summed E-state index contributed by atoms with van der Waals surface area (Å²) in [6, 6.07) is 3.04. The van der Waals surface area contributed by atoms with Gasteiger partial charge in [0.05, 0.1) is 10.0 Å². The minimum absolute atomic E-state index is 0.0537. The molecule has 1 saturated carbocycles. The minimum Gasteiger partial charge on any atom is -0.211 e. The maximum atomic E-state index is 12.3. The Bertz CT molecular complexity index is 577. The second-order valence-electron chi connectivity index (χ2n) is 5.19. The fourth-order valence-corrected chi connectivity index (χ4v) is 5.22. The zero-order valence-electron chi connectivity index (χ0n) is 10.3. The first-order valence-corrected chi connectivity index (χ1v) is 8.91. The van der Waals surface area contributed by atoms with Crippen LogP contribution in [0.1, 0.15) is 26.2 Å². The lowest BCUT2D eigenvalue weighted by molar-refractivity contribution is 0.166. The van der Waals surface area contributed by atoms with Crippen molar-refractivity contribution in [1.82, 2.24) is 4.72 Å². The van der Waals surface area contributed by atoms with E-state index >= 15 is 0 Å². The van der Waals surface area contributed by atoms with Crippen molar-refractivity contribution in [1.29, 1.82) is 0 Å². The fraction of sp³-hybridized carbons (Fsp3) is 0.500. The lowest BCUT2D eigenvalue weighted by Gasteiger charge is -2.38. The lowest BCUT2D eigenvalue weighted by atomic mass is 9.71. The number of hydrogen-bond acceptors (Lipinski definition) is 2. The van der Waals surface area contributed by atoms with E-state index in [-0.39, 0.29) is 20.4 Å². The highest BCUT2D eigenvalue weighted by Crippen LogP contribution is 2.40. The van der Waals surface area contributed by atoms with Gasteiger partial charge in [0.1, 0.15) is 4.90 Å². The molecule has 0 spiro atoms. The quantitative estimate of drug-likeness (QED) is 0.841. The van der Waals surface area contributed by atoms with Crippen molar-refractivity contribution in [2.75, 3.05) is 6.54 Å². The molecule has 0 heterocycles. The summed E-state index contributed by atoms with van der Waals surface area (Å²) in [4.78, 5) is -0.0537. The van der Waals surface area contributed by atoms with Crippen LogP contribution in [0.4, 0.5) is 0 Å². The van der Waals surface area contributed by atoms with Gasteiger partial charge in [0.15, 0.2) is 0 Å². The predicted molar refractivity (Wildman–Crippen MR) is 81.3 cm³/mol. The molecule has 7 heteroatoms. The molecule has 1 aliphatic carbocycles. The lowest BCUT2D eigenvalue weighted by Crippen LogP contribution is -2.40. The Kier molecular flexibility index (Phi) is 4.53. The van der Waals surface area contributed by atoms with E-state index in [1.54, 1.807) is 0 Å². The van der Waals surface area contributed by atoms with E-state index in [0.29, 0.717) is 11.0 Å². The second-order valence-corrected chi connectivity index (χ2v) is 8.62. The Hall–Kier alpha value is 0.190. The smallest absolute Gasteiger partial charge is 0.211 e. The van der Waals surface area contributed by atoms with Gasteiger partial charge in [-0.2, -0.15) is 0 Å². The second kappa shape index (κ2) is 5.53. The van der Waals surface area contributed by atoms with Gasteiger partial charge < -0.3 is 0 Å². The predicted octanol–water partition coefficient (Wildman–Crippen LogP) is 4.22. The highest BCUT2D eigenvalue weighted by Gasteiger charge is 2.33. The highest BCUT2D eigenvalue weighted by atomic mass is 79.9. The van der Waals surface area contributed by atoms with Gasteiger partial charge in [-0.25, -0.2) is 13.1 Å².